The van der Waals surface area contributed by atoms with E-state index in [9.17, 15) is 13.2 Å². The lowest BCUT2D eigenvalue weighted by Crippen LogP contribution is -2.26. The molecule has 1 N–H and O–H groups in total. The van der Waals surface area contributed by atoms with Crippen molar-refractivity contribution >= 4 is 15.7 Å². The molecule has 0 aliphatic carbocycles. The van der Waals surface area contributed by atoms with Crippen LogP contribution < -0.4 is 5.32 Å². The molecule has 1 atom stereocenters. The fourth-order valence-corrected chi connectivity index (χ4v) is 1.82. The Morgan fingerprint density at radius 2 is 1.95 bits per heavy atom. The van der Waals surface area contributed by atoms with Crippen LogP contribution in [0.15, 0.2) is 34.2 Å². The summed E-state index contributed by atoms with van der Waals surface area (Å²) >= 11 is 0. The molecule has 106 valence electrons. The van der Waals surface area contributed by atoms with E-state index in [0.717, 1.165) is 6.26 Å². The molecular formula is C11H12N4O4S. The summed E-state index contributed by atoms with van der Waals surface area (Å²) in [4.78, 5) is 15.7. The van der Waals surface area contributed by atoms with Crippen LogP contribution in [0.4, 0.5) is 0 Å². The van der Waals surface area contributed by atoms with Crippen molar-refractivity contribution < 1.29 is 17.6 Å². The van der Waals surface area contributed by atoms with Crippen molar-refractivity contribution in [2.24, 2.45) is 0 Å². The fourth-order valence-electron chi connectivity index (χ4n) is 1.39. The van der Waals surface area contributed by atoms with Crippen molar-refractivity contribution in [2.45, 2.75) is 18.2 Å². The number of hydrogen-bond donors (Lipinski definition) is 1. The Hall–Kier alpha value is -2.29. The molecule has 1 amide bonds. The minimum absolute atomic E-state index is 0.0211. The smallest absolute Gasteiger partial charge is 0.335 e. The number of amides is 1. The minimum atomic E-state index is -3.56. The zero-order valence-electron chi connectivity index (χ0n) is 10.8. The molecule has 0 spiro atoms. The van der Waals surface area contributed by atoms with Crippen molar-refractivity contribution in [3.05, 3.63) is 36.0 Å². The Bertz CT molecular complexity index is 711. The SMILES string of the molecule is C[C@H](NC(=O)c1ccncc1)c1nnc(S(C)(=O)=O)o1. The summed E-state index contributed by atoms with van der Waals surface area (Å²) in [6.07, 6.45) is 3.95. The quantitative estimate of drug-likeness (QED) is 0.866. The zero-order chi connectivity index (χ0) is 14.8. The van der Waals surface area contributed by atoms with Gasteiger partial charge >= 0.3 is 5.22 Å². The summed E-state index contributed by atoms with van der Waals surface area (Å²) < 4.78 is 27.5. The molecule has 2 heterocycles. The third-order valence-electron chi connectivity index (χ3n) is 2.40. The Kier molecular flexibility index (Phi) is 3.79. The average Bonchev–Trinajstić information content (AvgIpc) is 2.89. The van der Waals surface area contributed by atoms with Gasteiger partial charge in [-0.2, -0.15) is 0 Å². The van der Waals surface area contributed by atoms with Gasteiger partial charge in [-0.3, -0.25) is 9.78 Å². The molecule has 20 heavy (non-hydrogen) atoms. The summed E-state index contributed by atoms with van der Waals surface area (Å²) in [6.45, 7) is 1.61. The van der Waals surface area contributed by atoms with Crippen LogP contribution in [-0.4, -0.2) is 35.8 Å². The average molecular weight is 296 g/mol. The van der Waals surface area contributed by atoms with E-state index in [1.807, 2.05) is 0 Å². The topological polar surface area (TPSA) is 115 Å². The molecule has 9 heteroatoms. The van der Waals surface area contributed by atoms with Crippen LogP contribution in [-0.2, 0) is 9.84 Å². The lowest BCUT2D eigenvalue weighted by atomic mass is 10.2. The first-order valence-electron chi connectivity index (χ1n) is 5.62. The van der Waals surface area contributed by atoms with Gasteiger partial charge in [0.25, 0.3) is 5.91 Å². The lowest BCUT2D eigenvalue weighted by Gasteiger charge is -2.09. The first-order valence-corrected chi connectivity index (χ1v) is 7.51. The molecule has 2 aromatic heterocycles. The summed E-state index contributed by atoms with van der Waals surface area (Å²) in [5.41, 5.74) is 0.426. The van der Waals surface area contributed by atoms with Crippen LogP contribution in [0.2, 0.25) is 0 Å². The first kappa shape index (κ1) is 14.1. The fraction of sp³-hybridized carbons (Fsp3) is 0.273. The van der Waals surface area contributed by atoms with Gasteiger partial charge in [-0.15, -0.1) is 5.10 Å². The van der Waals surface area contributed by atoms with Gasteiger partial charge in [0.1, 0.15) is 6.04 Å². The van der Waals surface area contributed by atoms with Crippen molar-refractivity contribution in [2.75, 3.05) is 6.26 Å². The molecule has 0 saturated carbocycles. The van der Waals surface area contributed by atoms with Gasteiger partial charge in [-0.05, 0) is 19.1 Å². The number of sulfone groups is 1. The van der Waals surface area contributed by atoms with E-state index in [-0.39, 0.29) is 11.8 Å². The van der Waals surface area contributed by atoms with Gasteiger partial charge < -0.3 is 9.73 Å². The van der Waals surface area contributed by atoms with Gasteiger partial charge in [0, 0.05) is 24.2 Å². The third-order valence-corrected chi connectivity index (χ3v) is 3.20. The molecule has 0 bridgehead atoms. The highest BCUT2D eigenvalue weighted by Crippen LogP contribution is 2.14. The number of aromatic nitrogens is 3. The molecule has 2 aromatic rings. The molecule has 0 aliphatic heterocycles. The van der Waals surface area contributed by atoms with Gasteiger partial charge in [0.15, 0.2) is 0 Å². The Morgan fingerprint density at radius 3 is 2.50 bits per heavy atom. The summed E-state index contributed by atoms with van der Waals surface area (Å²) in [5.74, 6) is -0.327. The Labute approximate surface area is 115 Å². The normalized spacial score (nSPS) is 12.9. The van der Waals surface area contributed by atoms with Crippen molar-refractivity contribution in [1.82, 2.24) is 20.5 Å². The van der Waals surface area contributed by atoms with E-state index >= 15 is 0 Å². The second kappa shape index (κ2) is 5.37. The van der Waals surface area contributed by atoms with Gasteiger partial charge in [0.2, 0.25) is 15.7 Å². The maximum atomic E-state index is 11.9. The predicted octanol–water partition coefficient (Wildman–Crippen LogP) is 0.359. The zero-order valence-corrected chi connectivity index (χ0v) is 11.6. The van der Waals surface area contributed by atoms with Gasteiger partial charge in [-0.25, -0.2) is 8.42 Å². The maximum Gasteiger partial charge on any atom is 0.335 e. The largest absolute Gasteiger partial charge is 0.410 e. The summed E-state index contributed by atoms with van der Waals surface area (Å²) in [7, 11) is -3.56. The van der Waals surface area contributed by atoms with Gasteiger partial charge in [-0.1, -0.05) is 5.10 Å². The number of nitrogens with one attached hydrogen (secondary N) is 1. The predicted molar refractivity (Wildman–Crippen MR) is 67.5 cm³/mol. The summed E-state index contributed by atoms with van der Waals surface area (Å²) in [5, 5.41) is 9.17. The van der Waals surface area contributed by atoms with E-state index in [1.54, 1.807) is 19.1 Å². The third kappa shape index (κ3) is 3.18. The molecule has 0 saturated heterocycles. The first-order chi connectivity index (χ1) is 9.38. The van der Waals surface area contributed by atoms with Crippen LogP contribution in [0.25, 0.3) is 0 Å². The van der Waals surface area contributed by atoms with Crippen LogP contribution in [0.3, 0.4) is 0 Å². The Balaban J connectivity index is 2.11. The van der Waals surface area contributed by atoms with E-state index in [2.05, 4.69) is 20.5 Å². The maximum absolute atomic E-state index is 11.9. The van der Waals surface area contributed by atoms with E-state index in [4.69, 9.17) is 4.42 Å². The molecule has 2 rings (SSSR count). The van der Waals surface area contributed by atoms with E-state index < -0.39 is 21.1 Å². The monoisotopic (exact) mass is 296 g/mol. The highest BCUT2D eigenvalue weighted by atomic mass is 32.2. The van der Waals surface area contributed by atoms with Crippen LogP contribution >= 0.6 is 0 Å². The Morgan fingerprint density at radius 1 is 1.30 bits per heavy atom. The molecular weight excluding hydrogens is 284 g/mol. The second-order valence-corrected chi connectivity index (χ2v) is 6.00. The van der Waals surface area contributed by atoms with Crippen molar-refractivity contribution in [1.29, 1.82) is 0 Å². The summed E-state index contributed by atoms with van der Waals surface area (Å²) in [6, 6.07) is 2.49. The lowest BCUT2D eigenvalue weighted by molar-refractivity contribution is 0.0933. The molecule has 0 aliphatic rings. The second-order valence-electron chi connectivity index (χ2n) is 4.11. The standard InChI is InChI=1S/C11H12N4O4S/c1-7(10-14-15-11(19-10)20(2,17)18)13-9(16)8-3-5-12-6-4-8/h3-7H,1-2H3,(H,13,16)/t7-/m0/s1. The molecule has 0 aromatic carbocycles. The minimum Gasteiger partial charge on any atom is -0.410 e. The van der Waals surface area contributed by atoms with Crippen LogP contribution in [0.1, 0.15) is 29.2 Å². The number of carbonyl (C=O) groups is 1. The van der Waals surface area contributed by atoms with E-state index in [0.29, 0.717) is 5.56 Å². The molecule has 8 nitrogen and oxygen atoms in total. The number of pyridine rings is 1. The number of hydrogen-bond acceptors (Lipinski definition) is 7. The highest BCUT2D eigenvalue weighted by Gasteiger charge is 2.21. The number of carbonyl (C=O) groups excluding carboxylic acids is 1. The van der Waals surface area contributed by atoms with Gasteiger partial charge in [0.05, 0.1) is 0 Å². The number of rotatable bonds is 4. The van der Waals surface area contributed by atoms with Crippen LogP contribution in [0.5, 0.6) is 0 Å². The van der Waals surface area contributed by atoms with Crippen LogP contribution in [0, 0.1) is 0 Å². The van der Waals surface area contributed by atoms with Crippen molar-refractivity contribution in [3.8, 4) is 0 Å². The highest BCUT2D eigenvalue weighted by molar-refractivity contribution is 7.90. The molecule has 0 fully saturated rings. The van der Waals surface area contributed by atoms with Crippen molar-refractivity contribution in [3.63, 3.8) is 0 Å². The number of nitrogens with zero attached hydrogens (tertiary/aromatic N) is 3. The van der Waals surface area contributed by atoms with E-state index in [1.165, 1.54) is 12.4 Å². The molecule has 0 unspecified atom stereocenters. The molecule has 0 radical (unpaired) electrons.